The zero-order valence-electron chi connectivity index (χ0n) is 10.6. The number of nitrogens with zero attached hydrogens (tertiary/aromatic N) is 1. The lowest BCUT2D eigenvalue weighted by Gasteiger charge is -2.17. The first-order chi connectivity index (χ1) is 8.61. The molecular weight excluding hydrogens is 228 g/mol. The van der Waals surface area contributed by atoms with Crippen molar-refractivity contribution in [1.82, 2.24) is 0 Å². The minimum absolute atomic E-state index is 0.168. The first-order valence-electron chi connectivity index (χ1n) is 6.60. The molecule has 1 aromatic carbocycles. The summed E-state index contributed by atoms with van der Waals surface area (Å²) in [6.07, 6.45) is 5.47. The van der Waals surface area contributed by atoms with Crippen LogP contribution in [-0.4, -0.2) is 11.5 Å². The van der Waals surface area contributed by atoms with Crippen LogP contribution in [0.3, 0.4) is 0 Å². The van der Waals surface area contributed by atoms with Crippen LogP contribution in [0.2, 0.25) is 0 Å². The van der Waals surface area contributed by atoms with Gasteiger partial charge in [-0.2, -0.15) is 0 Å². The Kier molecular flexibility index (Phi) is 2.54. The summed E-state index contributed by atoms with van der Waals surface area (Å²) in [5.41, 5.74) is 2.71. The molecule has 1 aromatic rings. The standard InChI is InChI=1S/C14H18N2O2/c1-10-8-12(16(17)18)4-5-13(10)15-9-14(6-7-14)11-2-3-11/h4-5,8,11,15H,2-3,6-7,9H2,1H3. The van der Waals surface area contributed by atoms with Crippen LogP contribution in [0.4, 0.5) is 11.4 Å². The molecule has 0 radical (unpaired) electrons. The van der Waals surface area contributed by atoms with E-state index in [4.69, 9.17) is 0 Å². The van der Waals surface area contributed by atoms with Crippen LogP contribution in [0.5, 0.6) is 0 Å². The monoisotopic (exact) mass is 246 g/mol. The number of aryl methyl sites for hydroxylation is 1. The van der Waals surface area contributed by atoms with E-state index in [2.05, 4.69) is 5.32 Å². The lowest BCUT2D eigenvalue weighted by Crippen LogP contribution is -2.17. The van der Waals surface area contributed by atoms with Gasteiger partial charge >= 0.3 is 0 Å². The van der Waals surface area contributed by atoms with Crippen molar-refractivity contribution in [1.29, 1.82) is 0 Å². The van der Waals surface area contributed by atoms with E-state index in [9.17, 15) is 10.1 Å². The Labute approximate surface area is 107 Å². The van der Waals surface area contributed by atoms with Crippen LogP contribution in [0, 0.1) is 28.4 Å². The molecule has 0 saturated heterocycles. The maximum atomic E-state index is 10.7. The first kappa shape index (κ1) is 11.5. The van der Waals surface area contributed by atoms with Gasteiger partial charge in [0.1, 0.15) is 0 Å². The number of nitrogens with one attached hydrogen (secondary N) is 1. The van der Waals surface area contributed by atoms with Crippen LogP contribution in [0.25, 0.3) is 0 Å². The van der Waals surface area contributed by atoms with E-state index in [-0.39, 0.29) is 10.6 Å². The highest BCUT2D eigenvalue weighted by molar-refractivity contribution is 5.55. The molecule has 0 spiro atoms. The summed E-state index contributed by atoms with van der Waals surface area (Å²) in [5, 5.41) is 14.2. The van der Waals surface area contributed by atoms with E-state index in [0.29, 0.717) is 5.41 Å². The predicted octanol–water partition coefficient (Wildman–Crippen LogP) is 3.51. The van der Waals surface area contributed by atoms with Crippen molar-refractivity contribution in [3.8, 4) is 0 Å². The number of hydrogen-bond acceptors (Lipinski definition) is 3. The van der Waals surface area contributed by atoms with Crippen LogP contribution in [0.15, 0.2) is 18.2 Å². The lowest BCUT2D eigenvalue weighted by atomic mass is 10.0. The van der Waals surface area contributed by atoms with E-state index < -0.39 is 0 Å². The highest BCUT2D eigenvalue weighted by Gasteiger charge is 2.53. The molecule has 2 aliphatic carbocycles. The van der Waals surface area contributed by atoms with E-state index >= 15 is 0 Å². The Balaban J connectivity index is 1.67. The average Bonchev–Trinajstić information content (AvgIpc) is 3.19. The van der Waals surface area contributed by atoms with Crippen molar-refractivity contribution < 1.29 is 4.92 Å². The molecule has 18 heavy (non-hydrogen) atoms. The van der Waals surface area contributed by atoms with Gasteiger partial charge in [-0.05, 0) is 55.6 Å². The molecule has 0 unspecified atom stereocenters. The van der Waals surface area contributed by atoms with Gasteiger partial charge < -0.3 is 5.32 Å². The molecule has 2 aliphatic rings. The Morgan fingerprint density at radius 3 is 2.67 bits per heavy atom. The summed E-state index contributed by atoms with van der Waals surface area (Å²) in [6.45, 7) is 2.95. The van der Waals surface area contributed by atoms with E-state index in [1.165, 1.54) is 25.7 Å². The van der Waals surface area contributed by atoms with E-state index in [0.717, 1.165) is 23.7 Å². The number of nitro groups is 1. The second kappa shape index (κ2) is 3.97. The molecule has 0 amide bonds. The van der Waals surface area contributed by atoms with Crippen molar-refractivity contribution in [2.24, 2.45) is 11.3 Å². The van der Waals surface area contributed by atoms with Crippen molar-refractivity contribution in [3.63, 3.8) is 0 Å². The van der Waals surface area contributed by atoms with Gasteiger partial charge in [0.15, 0.2) is 0 Å². The van der Waals surface area contributed by atoms with E-state index in [1.807, 2.05) is 13.0 Å². The largest absolute Gasteiger partial charge is 0.384 e. The highest BCUT2D eigenvalue weighted by atomic mass is 16.6. The molecule has 96 valence electrons. The van der Waals surface area contributed by atoms with Gasteiger partial charge in [0, 0.05) is 24.4 Å². The number of non-ortho nitro benzene ring substituents is 1. The SMILES string of the molecule is Cc1cc([N+](=O)[O-])ccc1NCC1(C2CC2)CC1. The minimum Gasteiger partial charge on any atom is -0.384 e. The topological polar surface area (TPSA) is 55.2 Å². The fraction of sp³-hybridized carbons (Fsp3) is 0.571. The number of hydrogen-bond donors (Lipinski definition) is 1. The summed E-state index contributed by atoms with van der Waals surface area (Å²) in [6, 6.07) is 5.04. The molecule has 2 saturated carbocycles. The number of nitro benzene ring substituents is 1. The number of rotatable bonds is 5. The first-order valence-corrected chi connectivity index (χ1v) is 6.60. The third-order valence-electron chi connectivity index (χ3n) is 4.39. The zero-order chi connectivity index (χ0) is 12.8. The molecule has 3 rings (SSSR count). The molecule has 0 atom stereocenters. The van der Waals surface area contributed by atoms with Gasteiger partial charge in [0.05, 0.1) is 4.92 Å². The maximum Gasteiger partial charge on any atom is 0.269 e. The maximum absolute atomic E-state index is 10.7. The summed E-state index contributed by atoms with van der Waals surface area (Å²) >= 11 is 0. The van der Waals surface area contributed by atoms with Crippen LogP contribution < -0.4 is 5.32 Å². The third-order valence-corrected chi connectivity index (χ3v) is 4.39. The molecule has 0 bridgehead atoms. The van der Waals surface area contributed by atoms with Gasteiger partial charge in [-0.25, -0.2) is 0 Å². The van der Waals surface area contributed by atoms with Crippen LogP contribution in [0.1, 0.15) is 31.2 Å². The van der Waals surface area contributed by atoms with Crippen molar-refractivity contribution in [2.45, 2.75) is 32.6 Å². The van der Waals surface area contributed by atoms with E-state index in [1.54, 1.807) is 12.1 Å². The van der Waals surface area contributed by atoms with Gasteiger partial charge in [0.2, 0.25) is 0 Å². The Bertz CT molecular complexity index is 491. The van der Waals surface area contributed by atoms with Gasteiger partial charge in [-0.3, -0.25) is 10.1 Å². The molecule has 0 heterocycles. The summed E-state index contributed by atoms with van der Waals surface area (Å²) in [5.74, 6) is 0.934. The summed E-state index contributed by atoms with van der Waals surface area (Å²) in [7, 11) is 0. The Morgan fingerprint density at radius 2 is 2.17 bits per heavy atom. The smallest absolute Gasteiger partial charge is 0.269 e. The molecular formula is C14H18N2O2. The normalized spacial score (nSPS) is 20.5. The van der Waals surface area contributed by atoms with Crippen molar-refractivity contribution >= 4 is 11.4 Å². The predicted molar refractivity (Wildman–Crippen MR) is 70.7 cm³/mol. The molecule has 4 heteroatoms. The van der Waals surface area contributed by atoms with Crippen LogP contribution in [-0.2, 0) is 0 Å². The van der Waals surface area contributed by atoms with Crippen molar-refractivity contribution in [3.05, 3.63) is 33.9 Å². The second-order valence-electron chi connectivity index (χ2n) is 5.75. The highest BCUT2D eigenvalue weighted by Crippen LogP contribution is 2.61. The zero-order valence-corrected chi connectivity index (χ0v) is 10.6. The molecule has 0 aromatic heterocycles. The number of anilines is 1. The van der Waals surface area contributed by atoms with Gasteiger partial charge in [0.25, 0.3) is 5.69 Å². The Hall–Kier alpha value is -1.58. The fourth-order valence-corrected chi connectivity index (χ4v) is 2.82. The minimum atomic E-state index is -0.344. The molecule has 1 N–H and O–H groups in total. The summed E-state index contributed by atoms with van der Waals surface area (Å²) in [4.78, 5) is 10.3. The lowest BCUT2D eigenvalue weighted by molar-refractivity contribution is -0.384. The number of benzene rings is 1. The van der Waals surface area contributed by atoms with Crippen LogP contribution >= 0.6 is 0 Å². The quantitative estimate of drug-likeness (QED) is 0.639. The summed E-state index contributed by atoms with van der Waals surface area (Å²) < 4.78 is 0. The van der Waals surface area contributed by atoms with Crippen molar-refractivity contribution in [2.75, 3.05) is 11.9 Å². The van der Waals surface area contributed by atoms with Gasteiger partial charge in [-0.15, -0.1) is 0 Å². The third kappa shape index (κ3) is 2.07. The second-order valence-corrected chi connectivity index (χ2v) is 5.75. The fourth-order valence-electron chi connectivity index (χ4n) is 2.82. The van der Waals surface area contributed by atoms with Gasteiger partial charge in [-0.1, -0.05) is 0 Å². The average molecular weight is 246 g/mol. The Morgan fingerprint density at radius 1 is 1.44 bits per heavy atom. The molecule has 0 aliphatic heterocycles. The molecule has 2 fully saturated rings. The molecule has 4 nitrogen and oxygen atoms in total.